The summed E-state index contributed by atoms with van der Waals surface area (Å²) in [5.41, 5.74) is 41.1. The third-order valence-electron chi connectivity index (χ3n) is 29.2. The number of hydrogen-bond acceptors (Lipinski definition) is 0. The van der Waals surface area contributed by atoms with Crippen molar-refractivity contribution < 1.29 is 0 Å². The second kappa shape index (κ2) is 35.7. The van der Waals surface area contributed by atoms with E-state index in [-0.39, 0.29) is 0 Å². The molecule has 0 N–H and O–H groups in total. The quantitative estimate of drug-likeness (QED) is 0.104. The third kappa shape index (κ3) is 14.7. The second-order valence-electron chi connectivity index (χ2n) is 37.4. The molecule has 0 amide bonds. The third-order valence-corrected chi connectivity index (χ3v) is 29.2. The van der Waals surface area contributed by atoms with Gasteiger partial charge in [0.05, 0.1) is 71.9 Å². The maximum absolute atomic E-state index is 2.42. The van der Waals surface area contributed by atoms with E-state index in [0.29, 0.717) is 0 Å². The molecule has 0 bridgehead atoms. The highest BCUT2D eigenvalue weighted by atomic mass is 15.0. The van der Waals surface area contributed by atoms with Crippen molar-refractivity contribution in [1.29, 1.82) is 0 Å². The SMILES string of the molecule is c1ccc(-c2ccc(-c3ccc(-n4c5ccccc5c5cc(-c6ccc7c(c6)c6ccccc6n7-c6ccccc6)ccc54)cc3)cc2)cc1.c1ccc(-c2ccc(-c3cccc(-n4c5ccccc5c5cc(-c6ccc7c(c6)c6ccccc6n7-c6ccccc6)ccc54)c3)cc2)cc1.c1ccc(-c2ccccc2-n2c3ccccc3c3cc(-c4ccc5c(c4)c4ccccc4n5-c4ccccc4)ccc32)cc1. The van der Waals surface area contributed by atoms with Crippen LogP contribution in [0.5, 0.6) is 0 Å². The Bertz CT molecular complexity index is 9960. The van der Waals surface area contributed by atoms with Crippen molar-refractivity contribution in [3.63, 3.8) is 0 Å². The molecule has 29 rings (SSSR count). The molecule has 0 unspecified atom stereocenters. The van der Waals surface area contributed by atoms with Crippen LogP contribution < -0.4 is 0 Å². The summed E-state index contributed by atoms with van der Waals surface area (Å²) in [6, 6.07) is 202. The summed E-state index contributed by atoms with van der Waals surface area (Å²) in [7, 11) is 0. The molecule has 0 saturated heterocycles. The van der Waals surface area contributed by atoms with Crippen molar-refractivity contribution in [2.75, 3.05) is 0 Å². The Hall–Kier alpha value is -19.1. The minimum absolute atomic E-state index is 1.16. The summed E-state index contributed by atoms with van der Waals surface area (Å²) >= 11 is 0. The maximum atomic E-state index is 2.42. The van der Waals surface area contributed by atoms with E-state index in [1.165, 1.54) is 243 Å². The molecule has 0 aliphatic rings. The van der Waals surface area contributed by atoms with E-state index in [2.05, 4.69) is 586 Å². The van der Waals surface area contributed by atoms with E-state index in [1.54, 1.807) is 0 Å². The lowest BCUT2D eigenvalue weighted by Crippen LogP contribution is -1.97. The lowest BCUT2D eigenvalue weighted by molar-refractivity contribution is 1.18. The minimum Gasteiger partial charge on any atom is -0.309 e. The second-order valence-corrected chi connectivity index (χ2v) is 37.4. The summed E-state index contributed by atoms with van der Waals surface area (Å²) in [5.74, 6) is 0. The number of aromatic nitrogens is 6. The highest BCUT2D eigenvalue weighted by molar-refractivity contribution is 6.17. The van der Waals surface area contributed by atoms with Gasteiger partial charge in [-0.2, -0.15) is 0 Å². The molecule has 6 nitrogen and oxygen atoms in total. The molecule has 29 aromatic rings. The van der Waals surface area contributed by atoms with E-state index in [0.717, 1.165) is 11.4 Å². The first-order valence-electron chi connectivity index (χ1n) is 49.5. The molecule has 0 atom stereocenters. The Kier molecular flexibility index (Phi) is 20.9. The molecule has 6 heterocycles. The lowest BCUT2D eigenvalue weighted by atomic mass is 10.00. The van der Waals surface area contributed by atoms with Crippen LogP contribution in [0.1, 0.15) is 0 Å². The Morgan fingerprint density at radius 3 is 0.576 bits per heavy atom. The largest absolute Gasteiger partial charge is 0.309 e. The molecule has 6 heteroatoms. The van der Waals surface area contributed by atoms with E-state index in [4.69, 9.17) is 0 Å². The minimum atomic E-state index is 1.16. The number of fused-ring (bicyclic) bond motifs is 18. The molecular weight excluding hydrogens is 1740 g/mol. The van der Waals surface area contributed by atoms with Crippen LogP contribution in [0, 0.1) is 0 Å². The van der Waals surface area contributed by atoms with Gasteiger partial charge in [-0.15, -0.1) is 0 Å². The monoisotopic (exact) mass is 1830 g/mol. The number of nitrogens with zero attached hydrogens (tertiary/aromatic N) is 6. The first kappa shape index (κ1) is 84.2. The van der Waals surface area contributed by atoms with Crippen LogP contribution in [0.25, 0.3) is 254 Å². The average molecular weight is 1830 g/mol. The Morgan fingerprint density at radius 1 is 0.0903 bits per heavy atom. The Morgan fingerprint density at radius 2 is 0.271 bits per heavy atom. The summed E-state index contributed by atoms with van der Waals surface area (Å²) in [6.07, 6.45) is 0. The summed E-state index contributed by atoms with van der Waals surface area (Å²) in [4.78, 5) is 0. The smallest absolute Gasteiger partial charge is 0.0541 e. The van der Waals surface area contributed by atoms with Gasteiger partial charge in [0.2, 0.25) is 0 Å². The molecule has 0 radical (unpaired) electrons. The lowest BCUT2D eigenvalue weighted by Gasteiger charge is -2.14. The molecule has 6 aromatic heterocycles. The zero-order valence-electron chi connectivity index (χ0n) is 78.8. The van der Waals surface area contributed by atoms with Gasteiger partial charge in [0, 0.05) is 98.6 Å². The van der Waals surface area contributed by atoms with Gasteiger partial charge in [-0.05, 0) is 259 Å². The van der Waals surface area contributed by atoms with Gasteiger partial charge >= 0.3 is 0 Å². The van der Waals surface area contributed by atoms with E-state index in [1.807, 2.05) is 0 Å². The predicted octanol–water partition coefficient (Wildman–Crippen LogP) is 37.0. The predicted molar refractivity (Wildman–Crippen MR) is 609 cm³/mol. The van der Waals surface area contributed by atoms with Crippen molar-refractivity contribution >= 4 is 131 Å². The van der Waals surface area contributed by atoms with Crippen molar-refractivity contribution in [2.45, 2.75) is 0 Å². The highest BCUT2D eigenvalue weighted by Gasteiger charge is 2.24. The number of rotatable bonds is 14. The van der Waals surface area contributed by atoms with Gasteiger partial charge in [-0.25, -0.2) is 0 Å². The average Bonchev–Trinajstić information content (AvgIpc) is 1.64. The van der Waals surface area contributed by atoms with Gasteiger partial charge in [0.25, 0.3) is 0 Å². The molecule has 23 aromatic carbocycles. The van der Waals surface area contributed by atoms with Gasteiger partial charge < -0.3 is 27.4 Å². The molecule has 144 heavy (non-hydrogen) atoms. The molecule has 0 spiro atoms. The first-order chi connectivity index (χ1) is 71.4. The van der Waals surface area contributed by atoms with Crippen LogP contribution in [0.3, 0.4) is 0 Å². The number of para-hydroxylation sites is 10. The van der Waals surface area contributed by atoms with E-state index in [9.17, 15) is 0 Å². The summed E-state index contributed by atoms with van der Waals surface area (Å²) in [5, 5.41) is 15.1. The van der Waals surface area contributed by atoms with Crippen molar-refractivity contribution in [2.24, 2.45) is 0 Å². The van der Waals surface area contributed by atoms with Gasteiger partial charge in [-0.3, -0.25) is 0 Å². The number of benzene rings is 23. The Balaban J connectivity index is 0.000000108. The van der Waals surface area contributed by atoms with Gasteiger partial charge in [0.15, 0.2) is 0 Å². The van der Waals surface area contributed by atoms with Crippen molar-refractivity contribution in [3.05, 3.63) is 558 Å². The van der Waals surface area contributed by atoms with Crippen LogP contribution in [0.15, 0.2) is 558 Å². The van der Waals surface area contributed by atoms with Crippen LogP contribution in [0.2, 0.25) is 0 Å². The zero-order valence-corrected chi connectivity index (χ0v) is 78.8. The Labute approximate surface area is 833 Å². The fourth-order valence-corrected chi connectivity index (χ4v) is 22.4. The topological polar surface area (TPSA) is 29.6 Å². The van der Waals surface area contributed by atoms with E-state index >= 15 is 0 Å². The maximum Gasteiger partial charge on any atom is 0.0541 e. The van der Waals surface area contributed by atoms with Crippen LogP contribution in [-0.2, 0) is 0 Å². The molecule has 674 valence electrons. The zero-order chi connectivity index (χ0) is 95.1. The van der Waals surface area contributed by atoms with Gasteiger partial charge in [-0.1, -0.05) is 382 Å². The molecule has 0 aliphatic heterocycles. The summed E-state index contributed by atoms with van der Waals surface area (Å²) in [6.45, 7) is 0. The fraction of sp³-hybridized carbons (Fsp3) is 0. The van der Waals surface area contributed by atoms with Crippen LogP contribution in [0.4, 0.5) is 0 Å². The fourth-order valence-electron chi connectivity index (χ4n) is 22.4. The highest BCUT2D eigenvalue weighted by Crippen LogP contribution is 2.46. The van der Waals surface area contributed by atoms with Gasteiger partial charge in [0.1, 0.15) is 0 Å². The number of hydrogen-bond donors (Lipinski definition) is 0. The first-order valence-corrected chi connectivity index (χ1v) is 49.5. The molecule has 0 aliphatic carbocycles. The standard InChI is InChI=1S/2C48H32N2.C42H28N2/c1-3-12-33(13-4-1)34-22-24-35(25-23-34)36-14-11-17-40(30-36)50-46-21-10-8-19-42(46)44-32-38(27-29-48(44)50)37-26-28-47-43(31-37)41-18-7-9-20-45(41)49(47)39-15-5-2-6-16-39;1-3-11-33(12-4-1)34-19-21-35(22-20-34)36-23-27-40(28-24-36)50-46-18-10-8-16-42(46)44-32-38(26-30-48(44)50)37-25-29-47-43(31-37)41-15-7-9-17-45(41)49(47)39-13-5-2-6-14-39;1-3-13-29(14-4-1)33-17-7-10-20-38(33)44-40-22-12-9-19-35(40)37-28-31(24-26-42(37)44)30-23-25-41-36(27-30)34-18-8-11-21-39(34)43(41)32-15-5-2-6-16-32/h2*1-32H;1-28H. The van der Waals surface area contributed by atoms with E-state index < -0.39 is 0 Å². The van der Waals surface area contributed by atoms with Crippen molar-refractivity contribution in [3.8, 4) is 123 Å². The molecule has 0 fully saturated rings. The summed E-state index contributed by atoms with van der Waals surface area (Å²) < 4.78 is 14.3. The van der Waals surface area contributed by atoms with Crippen LogP contribution in [-0.4, -0.2) is 27.4 Å². The van der Waals surface area contributed by atoms with Crippen LogP contribution >= 0.6 is 0 Å². The molecular formula is C138H92N6. The van der Waals surface area contributed by atoms with Crippen molar-refractivity contribution in [1.82, 2.24) is 27.4 Å². The normalized spacial score (nSPS) is 11.6. The molecule has 0 saturated carbocycles.